The molecule has 1 aromatic carbocycles. The van der Waals surface area contributed by atoms with E-state index in [1.165, 1.54) is 7.11 Å². The fraction of sp³-hybridized carbons (Fsp3) is 0.391. The van der Waals surface area contributed by atoms with Crippen molar-refractivity contribution < 1.29 is 18.9 Å². The van der Waals surface area contributed by atoms with Crippen LogP contribution in [0.5, 0.6) is 17.2 Å². The second-order valence-corrected chi connectivity index (χ2v) is 7.65. The summed E-state index contributed by atoms with van der Waals surface area (Å²) in [6, 6.07) is 9.18. The van der Waals surface area contributed by atoms with E-state index in [1.54, 1.807) is 35.9 Å². The summed E-state index contributed by atoms with van der Waals surface area (Å²) < 4.78 is 24.0. The molecular weight excluding hydrogens is 398 g/mol. The predicted octanol–water partition coefficient (Wildman–Crippen LogP) is 2.57. The average Bonchev–Trinajstić information content (AvgIpc) is 3.28. The summed E-state index contributed by atoms with van der Waals surface area (Å²) in [5.41, 5.74) is 7.77. The number of methoxy groups -OCH3 is 2. The summed E-state index contributed by atoms with van der Waals surface area (Å²) in [6.45, 7) is 3.00. The van der Waals surface area contributed by atoms with Crippen LogP contribution < -0.4 is 25.5 Å². The summed E-state index contributed by atoms with van der Waals surface area (Å²) in [4.78, 5) is 13.7. The van der Waals surface area contributed by atoms with Crippen molar-refractivity contribution in [3.8, 4) is 23.3 Å². The third-order valence-electron chi connectivity index (χ3n) is 5.85. The van der Waals surface area contributed by atoms with Gasteiger partial charge in [0.25, 0.3) is 5.56 Å². The number of hydrogen-bond acceptors (Lipinski definition) is 7. The molecule has 0 saturated carbocycles. The first-order valence-electron chi connectivity index (χ1n) is 10.1. The lowest BCUT2D eigenvalue weighted by Gasteiger charge is -2.28. The third kappa shape index (κ3) is 3.62. The van der Waals surface area contributed by atoms with Crippen molar-refractivity contribution >= 4 is 0 Å². The number of benzene rings is 1. The van der Waals surface area contributed by atoms with Gasteiger partial charge in [-0.1, -0.05) is 6.07 Å². The van der Waals surface area contributed by atoms with Crippen LogP contribution in [0, 0.1) is 18.3 Å². The molecule has 2 aliphatic rings. The van der Waals surface area contributed by atoms with E-state index >= 15 is 0 Å². The van der Waals surface area contributed by atoms with Crippen LogP contribution in [0.1, 0.15) is 35.6 Å². The Balaban J connectivity index is 1.92. The van der Waals surface area contributed by atoms with Crippen molar-refractivity contribution in [3.05, 3.63) is 62.9 Å². The van der Waals surface area contributed by atoms with E-state index in [0.717, 1.165) is 18.5 Å². The highest BCUT2D eigenvalue weighted by atomic mass is 16.5. The molecule has 2 aliphatic heterocycles. The van der Waals surface area contributed by atoms with Gasteiger partial charge in [0.2, 0.25) is 5.88 Å². The van der Waals surface area contributed by atoms with Crippen LogP contribution in [0.3, 0.4) is 0 Å². The molecule has 3 heterocycles. The number of nitrogens with two attached hydrogens (primary N) is 1. The lowest BCUT2D eigenvalue weighted by Crippen LogP contribution is -2.35. The van der Waals surface area contributed by atoms with Crippen LogP contribution in [0.4, 0.5) is 0 Å². The highest BCUT2D eigenvalue weighted by Gasteiger charge is 2.36. The Bertz CT molecular complexity index is 1140. The number of allylic oxidation sites excluding steroid dienone is 1. The summed E-state index contributed by atoms with van der Waals surface area (Å²) >= 11 is 0. The van der Waals surface area contributed by atoms with Crippen molar-refractivity contribution in [2.24, 2.45) is 5.73 Å². The number of rotatable bonds is 5. The Kier molecular flexibility index (Phi) is 5.61. The van der Waals surface area contributed by atoms with E-state index in [9.17, 15) is 10.1 Å². The fourth-order valence-corrected chi connectivity index (χ4v) is 4.27. The van der Waals surface area contributed by atoms with E-state index in [4.69, 9.17) is 24.7 Å². The molecule has 1 saturated heterocycles. The zero-order chi connectivity index (χ0) is 22.1. The fourth-order valence-electron chi connectivity index (χ4n) is 4.27. The van der Waals surface area contributed by atoms with E-state index in [1.807, 2.05) is 6.92 Å². The van der Waals surface area contributed by atoms with Gasteiger partial charge in [0.1, 0.15) is 28.9 Å². The summed E-state index contributed by atoms with van der Waals surface area (Å²) in [7, 11) is 3.09. The Morgan fingerprint density at radius 3 is 2.74 bits per heavy atom. The Morgan fingerprint density at radius 1 is 1.29 bits per heavy atom. The lowest BCUT2D eigenvalue weighted by molar-refractivity contribution is 0.0954. The largest absolute Gasteiger partial charge is 0.497 e. The standard InChI is InChI=1S/C23H25N3O5/c1-13-9-19-21(23(27)26(13)12-15-5-4-8-30-15)20(17(11-24)22(25)31-19)16-7-6-14(28-2)10-18(16)29-3/h6-7,9-10,15,20H,4-5,8,12,25H2,1-3H3/t15-,20+/m0/s1. The van der Waals surface area contributed by atoms with Crippen LogP contribution >= 0.6 is 0 Å². The molecule has 1 aromatic heterocycles. The first kappa shape index (κ1) is 20.8. The van der Waals surface area contributed by atoms with Crippen molar-refractivity contribution in [2.75, 3.05) is 20.8 Å². The van der Waals surface area contributed by atoms with Crippen LogP contribution in [-0.4, -0.2) is 31.5 Å². The van der Waals surface area contributed by atoms with Gasteiger partial charge in [-0.05, 0) is 25.8 Å². The smallest absolute Gasteiger partial charge is 0.258 e. The number of pyridine rings is 1. The molecule has 0 spiro atoms. The van der Waals surface area contributed by atoms with Crippen molar-refractivity contribution in [1.82, 2.24) is 4.57 Å². The maximum Gasteiger partial charge on any atom is 0.258 e. The number of aryl methyl sites for hydroxylation is 1. The van der Waals surface area contributed by atoms with Gasteiger partial charge in [-0.25, -0.2) is 0 Å². The molecular formula is C23H25N3O5. The molecule has 0 bridgehead atoms. The highest BCUT2D eigenvalue weighted by Crippen LogP contribution is 2.44. The molecule has 0 aliphatic carbocycles. The second-order valence-electron chi connectivity index (χ2n) is 7.65. The first-order valence-corrected chi connectivity index (χ1v) is 10.1. The Morgan fingerprint density at radius 2 is 2.10 bits per heavy atom. The molecule has 4 rings (SSSR count). The van der Waals surface area contributed by atoms with Crippen molar-refractivity contribution in [2.45, 2.75) is 38.3 Å². The number of hydrogen-bond donors (Lipinski definition) is 1. The van der Waals surface area contributed by atoms with Gasteiger partial charge in [0.15, 0.2) is 0 Å². The zero-order valence-corrected chi connectivity index (χ0v) is 17.8. The minimum atomic E-state index is -0.724. The minimum Gasteiger partial charge on any atom is -0.497 e. The van der Waals surface area contributed by atoms with Crippen LogP contribution in [0.25, 0.3) is 0 Å². The second kappa shape index (κ2) is 8.36. The predicted molar refractivity (Wildman–Crippen MR) is 113 cm³/mol. The van der Waals surface area contributed by atoms with E-state index in [-0.39, 0.29) is 23.1 Å². The van der Waals surface area contributed by atoms with Crippen LogP contribution in [-0.2, 0) is 11.3 Å². The minimum absolute atomic E-state index is 0.0102. The van der Waals surface area contributed by atoms with E-state index < -0.39 is 5.92 Å². The molecule has 1 fully saturated rings. The molecule has 2 aromatic rings. The molecule has 162 valence electrons. The van der Waals surface area contributed by atoms with E-state index in [2.05, 4.69) is 6.07 Å². The number of fused-ring (bicyclic) bond motifs is 1. The lowest BCUT2D eigenvalue weighted by atomic mass is 9.83. The third-order valence-corrected chi connectivity index (χ3v) is 5.85. The number of aromatic nitrogens is 1. The molecule has 2 atom stereocenters. The van der Waals surface area contributed by atoms with Gasteiger partial charge in [0, 0.05) is 30.0 Å². The van der Waals surface area contributed by atoms with Gasteiger partial charge in [0.05, 0.1) is 38.3 Å². The normalized spacial score (nSPS) is 20.1. The van der Waals surface area contributed by atoms with Gasteiger partial charge >= 0.3 is 0 Å². The number of nitriles is 1. The van der Waals surface area contributed by atoms with Crippen LogP contribution in [0.2, 0.25) is 0 Å². The number of nitrogens with zero attached hydrogens (tertiary/aromatic N) is 2. The molecule has 0 amide bonds. The van der Waals surface area contributed by atoms with Gasteiger partial charge in [-0.15, -0.1) is 0 Å². The summed E-state index contributed by atoms with van der Waals surface area (Å²) in [5, 5.41) is 9.87. The average molecular weight is 423 g/mol. The zero-order valence-electron chi connectivity index (χ0n) is 17.8. The van der Waals surface area contributed by atoms with Gasteiger partial charge in [-0.3, -0.25) is 4.79 Å². The van der Waals surface area contributed by atoms with Gasteiger partial charge in [-0.2, -0.15) is 5.26 Å². The molecule has 2 N–H and O–H groups in total. The highest BCUT2D eigenvalue weighted by molar-refractivity contribution is 5.59. The summed E-state index contributed by atoms with van der Waals surface area (Å²) in [5.74, 6) is 0.698. The SMILES string of the molecule is COc1ccc([C@@H]2C(C#N)=C(N)Oc3cc(C)n(C[C@@H]4CCCO4)c(=O)c32)c(OC)c1. The number of ether oxygens (including phenoxy) is 4. The topological polar surface area (TPSA) is 109 Å². The maximum atomic E-state index is 13.7. The monoisotopic (exact) mass is 423 g/mol. The van der Waals surface area contributed by atoms with Crippen molar-refractivity contribution in [1.29, 1.82) is 5.26 Å². The molecule has 31 heavy (non-hydrogen) atoms. The molecule has 0 unspecified atom stereocenters. The quantitative estimate of drug-likeness (QED) is 0.787. The van der Waals surface area contributed by atoms with Crippen LogP contribution in [0.15, 0.2) is 40.5 Å². The molecule has 8 heteroatoms. The molecule has 0 radical (unpaired) electrons. The maximum absolute atomic E-state index is 13.7. The Labute approximate surface area is 180 Å². The van der Waals surface area contributed by atoms with Crippen molar-refractivity contribution in [3.63, 3.8) is 0 Å². The summed E-state index contributed by atoms with van der Waals surface area (Å²) in [6.07, 6.45) is 1.88. The Hall–Kier alpha value is -3.44. The van der Waals surface area contributed by atoms with E-state index in [0.29, 0.717) is 41.5 Å². The molecule has 8 nitrogen and oxygen atoms in total. The first-order chi connectivity index (χ1) is 15.0. The van der Waals surface area contributed by atoms with Gasteiger partial charge < -0.3 is 29.2 Å².